The highest BCUT2D eigenvalue weighted by molar-refractivity contribution is 7.90. The summed E-state index contributed by atoms with van der Waals surface area (Å²) in [4.78, 5) is 11.5. The molecule has 1 aromatic rings. The Balaban J connectivity index is 2.67. The normalized spacial score (nSPS) is 11.5. The lowest BCUT2D eigenvalue weighted by Crippen LogP contribution is -2.29. The Hall–Kier alpha value is -1.82. The topological polar surface area (TPSA) is 72.5 Å². The van der Waals surface area contributed by atoms with E-state index in [9.17, 15) is 13.2 Å². The number of aryl methyl sites for hydroxylation is 1. The third-order valence-corrected chi connectivity index (χ3v) is 3.57. The molecule has 0 saturated heterocycles. The van der Waals surface area contributed by atoms with E-state index in [1.165, 1.54) is 18.4 Å². The van der Waals surface area contributed by atoms with Crippen molar-refractivity contribution < 1.29 is 17.9 Å². The Bertz CT molecular complexity index is 547. The number of rotatable bonds is 6. The standard InChI is InChI=1S/C13H17NO4S/c1-3-9-18-10-8-13(15)14-19(16,17)12-6-4-11(2)5-7-12/h4-8,10H,3,9H2,1-2H3,(H,14,15)/b10-8+. The molecule has 0 fully saturated rings. The van der Waals surface area contributed by atoms with Crippen LogP contribution in [0.1, 0.15) is 18.9 Å². The molecule has 104 valence electrons. The quantitative estimate of drug-likeness (QED) is 0.490. The summed E-state index contributed by atoms with van der Waals surface area (Å²) in [7, 11) is -3.83. The van der Waals surface area contributed by atoms with E-state index in [4.69, 9.17) is 4.74 Å². The van der Waals surface area contributed by atoms with Crippen LogP contribution in [-0.2, 0) is 19.6 Å². The van der Waals surface area contributed by atoms with Crippen molar-refractivity contribution in [1.29, 1.82) is 0 Å². The van der Waals surface area contributed by atoms with Crippen molar-refractivity contribution in [3.05, 3.63) is 42.2 Å². The second-order valence-electron chi connectivity index (χ2n) is 3.96. The van der Waals surface area contributed by atoms with Gasteiger partial charge in [-0.1, -0.05) is 24.6 Å². The second-order valence-corrected chi connectivity index (χ2v) is 5.64. The summed E-state index contributed by atoms with van der Waals surface area (Å²) in [6, 6.07) is 6.23. The van der Waals surface area contributed by atoms with Gasteiger partial charge < -0.3 is 4.74 Å². The number of carbonyl (C=O) groups excluding carboxylic acids is 1. The van der Waals surface area contributed by atoms with Crippen molar-refractivity contribution in [2.75, 3.05) is 6.61 Å². The predicted molar refractivity (Wildman–Crippen MR) is 71.9 cm³/mol. The van der Waals surface area contributed by atoms with Crippen molar-refractivity contribution >= 4 is 15.9 Å². The van der Waals surface area contributed by atoms with Crippen LogP contribution in [0.4, 0.5) is 0 Å². The number of nitrogens with one attached hydrogen (secondary N) is 1. The number of amides is 1. The van der Waals surface area contributed by atoms with Gasteiger partial charge in [-0.15, -0.1) is 0 Å². The highest BCUT2D eigenvalue weighted by Gasteiger charge is 2.15. The first-order valence-electron chi connectivity index (χ1n) is 5.87. The molecule has 0 atom stereocenters. The van der Waals surface area contributed by atoms with E-state index in [-0.39, 0.29) is 4.90 Å². The van der Waals surface area contributed by atoms with Crippen LogP contribution in [0, 0.1) is 6.92 Å². The SMILES string of the molecule is CCCO/C=C/C(=O)NS(=O)(=O)c1ccc(C)cc1. The zero-order chi connectivity index (χ0) is 14.3. The monoisotopic (exact) mass is 283 g/mol. The minimum absolute atomic E-state index is 0.0503. The van der Waals surface area contributed by atoms with Gasteiger partial charge in [-0.3, -0.25) is 4.79 Å². The number of ether oxygens (including phenoxy) is 1. The average molecular weight is 283 g/mol. The molecule has 0 spiro atoms. The van der Waals surface area contributed by atoms with Gasteiger partial charge in [-0.25, -0.2) is 13.1 Å². The third-order valence-electron chi connectivity index (χ3n) is 2.20. The summed E-state index contributed by atoms with van der Waals surface area (Å²) < 4.78 is 30.6. The molecule has 0 aliphatic rings. The Labute approximate surface area is 113 Å². The van der Waals surface area contributed by atoms with Crippen LogP contribution in [0.2, 0.25) is 0 Å². The van der Waals surface area contributed by atoms with Gasteiger partial charge in [0, 0.05) is 6.08 Å². The lowest BCUT2D eigenvalue weighted by atomic mass is 10.2. The van der Waals surface area contributed by atoms with Crippen LogP contribution in [0.3, 0.4) is 0 Å². The van der Waals surface area contributed by atoms with Crippen LogP contribution in [-0.4, -0.2) is 20.9 Å². The average Bonchev–Trinajstić information content (AvgIpc) is 2.34. The molecule has 0 aliphatic heterocycles. The zero-order valence-corrected chi connectivity index (χ0v) is 11.7. The fourth-order valence-corrected chi connectivity index (χ4v) is 2.18. The summed E-state index contributed by atoms with van der Waals surface area (Å²) in [5.74, 6) is -0.739. The number of hydrogen-bond acceptors (Lipinski definition) is 4. The first-order valence-corrected chi connectivity index (χ1v) is 7.35. The van der Waals surface area contributed by atoms with Crippen molar-refractivity contribution in [3.8, 4) is 0 Å². The van der Waals surface area contributed by atoms with Crippen LogP contribution in [0.5, 0.6) is 0 Å². The largest absolute Gasteiger partial charge is 0.501 e. The zero-order valence-electron chi connectivity index (χ0n) is 10.9. The minimum atomic E-state index is -3.83. The second kappa shape index (κ2) is 6.94. The van der Waals surface area contributed by atoms with E-state index >= 15 is 0 Å². The molecule has 19 heavy (non-hydrogen) atoms. The molecular formula is C13H17NO4S. The summed E-state index contributed by atoms with van der Waals surface area (Å²) in [6.45, 7) is 4.26. The first kappa shape index (κ1) is 15.2. The molecule has 1 amide bonds. The van der Waals surface area contributed by atoms with Gasteiger partial charge in [0.25, 0.3) is 15.9 Å². The van der Waals surface area contributed by atoms with Gasteiger partial charge in [-0.2, -0.15) is 0 Å². The number of carbonyl (C=O) groups is 1. The predicted octanol–water partition coefficient (Wildman–Crippen LogP) is 1.74. The summed E-state index contributed by atoms with van der Waals surface area (Å²) in [5.41, 5.74) is 0.943. The molecule has 1 N–H and O–H groups in total. The molecule has 0 unspecified atom stereocenters. The van der Waals surface area contributed by atoms with E-state index in [2.05, 4.69) is 0 Å². The van der Waals surface area contributed by atoms with Crippen LogP contribution >= 0.6 is 0 Å². The fourth-order valence-electron chi connectivity index (χ4n) is 1.24. The Kier molecular flexibility index (Phi) is 5.57. The number of hydrogen-bond donors (Lipinski definition) is 1. The molecule has 0 radical (unpaired) electrons. The Morgan fingerprint density at radius 1 is 1.32 bits per heavy atom. The Morgan fingerprint density at radius 2 is 1.95 bits per heavy atom. The third kappa shape index (κ3) is 5.13. The van der Waals surface area contributed by atoms with Crippen LogP contribution in [0.15, 0.2) is 41.5 Å². The molecule has 0 aliphatic carbocycles. The molecule has 1 aromatic carbocycles. The van der Waals surface area contributed by atoms with E-state index in [1.807, 2.05) is 18.6 Å². The van der Waals surface area contributed by atoms with Gasteiger partial charge in [0.05, 0.1) is 17.8 Å². The van der Waals surface area contributed by atoms with Crippen LogP contribution in [0.25, 0.3) is 0 Å². The maximum Gasteiger partial charge on any atom is 0.264 e. The summed E-state index contributed by atoms with van der Waals surface area (Å²) in [5, 5.41) is 0. The van der Waals surface area contributed by atoms with E-state index in [0.717, 1.165) is 18.1 Å². The lowest BCUT2D eigenvalue weighted by molar-refractivity contribution is -0.114. The molecule has 5 nitrogen and oxygen atoms in total. The summed E-state index contributed by atoms with van der Waals surface area (Å²) >= 11 is 0. The van der Waals surface area contributed by atoms with E-state index in [0.29, 0.717) is 6.61 Å². The fraction of sp³-hybridized carbons (Fsp3) is 0.308. The highest BCUT2D eigenvalue weighted by atomic mass is 32.2. The van der Waals surface area contributed by atoms with Gasteiger partial charge >= 0.3 is 0 Å². The Morgan fingerprint density at radius 3 is 2.53 bits per heavy atom. The first-order chi connectivity index (χ1) is 8.95. The molecular weight excluding hydrogens is 266 g/mol. The maximum atomic E-state index is 11.8. The van der Waals surface area contributed by atoms with Crippen LogP contribution < -0.4 is 4.72 Å². The van der Waals surface area contributed by atoms with Gasteiger partial charge in [0.1, 0.15) is 0 Å². The molecule has 0 heterocycles. The highest BCUT2D eigenvalue weighted by Crippen LogP contribution is 2.09. The lowest BCUT2D eigenvalue weighted by Gasteiger charge is -2.05. The molecule has 0 bridgehead atoms. The molecule has 1 rings (SSSR count). The maximum absolute atomic E-state index is 11.8. The van der Waals surface area contributed by atoms with Crippen molar-refractivity contribution in [1.82, 2.24) is 4.72 Å². The van der Waals surface area contributed by atoms with Gasteiger partial charge in [-0.05, 0) is 25.5 Å². The number of sulfonamides is 1. The van der Waals surface area contributed by atoms with E-state index < -0.39 is 15.9 Å². The van der Waals surface area contributed by atoms with Crippen molar-refractivity contribution in [3.63, 3.8) is 0 Å². The van der Waals surface area contributed by atoms with Crippen molar-refractivity contribution in [2.45, 2.75) is 25.2 Å². The van der Waals surface area contributed by atoms with Gasteiger partial charge in [0.2, 0.25) is 0 Å². The molecule has 0 aromatic heterocycles. The minimum Gasteiger partial charge on any atom is -0.501 e. The van der Waals surface area contributed by atoms with Crippen molar-refractivity contribution in [2.24, 2.45) is 0 Å². The van der Waals surface area contributed by atoms with E-state index in [1.54, 1.807) is 12.1 Å². The summed E-state index contributed by atoms with van der Waals surface area (Å²) in [6.07, 6.45) is 3.04. The smallest absolute Gasteiger partial charge is 0.264 e. The number of benzene rings is 1. The van der Waals surface area contributed by atoms with Gasteiger partial charge in [0.15, 0.2) is 0 Å². The molecule has 6 heteroatoms. The molecule has 0 saturated carbocycles.